The average Bonchev–Trinajstić information content (AvgIpc) is 3.05. The summed E-state index contributed by atoms with van der Waals surface area (Å²) in [6.45, 7) is 0. The van der Waals surface area contributed by atoms with Gasteiger partial charge < -0.3 is 14.6 Å². The number of carbonyl (C=O) groups excluding carboxylic acids is 1. The Labute approximate surface area is 137 Å². The van der Waals surface area contributed by atoms with E-state index in [4.69, 9.17) is 20.9 Å². The lowest BCUT2D eigenvalue weighted by atomic mass is 10.1. The fraction of sp³-hybridized carbons (Fsp3) is 0.0588. The third-order valence-corrected chi connectivity index (χ3v) is 3.43. The summed E-state index contributed by atoms with van der Waals surface area (Å²) < 4.78 is 10.5. The average molecular weight is 329 g/mol. The second-order valence-electron chi connectivity index (χ2n) is 4.74. The molecule has 1 N–H and O–H groups in total. The lowest BCUT2D eigenvalue weighted by Gasteiger charge is -2.03. The van der Waals surface area contributed by atoms with E-state index >= 15 is 0 Å². The molecular weight excluding hydrogens is 316 g/mol. The molecule has 0 radical (unpaired) electrons. The number of anilines is 1. The third-order valence-electron chi connectivity index (χ3n) is 3.20. The summed E-state index contributed by atoms with van der Waals surface area (Å²) in [5, 5.41) is 7.07. The Balaban J connectivity index is 1.83. The second-order valence-corrected chi connectivity index (χ2v) is 5.18. The predicted octanol–water partition coefficient (Wildman–Crippen LogP) is 4.26. The fourth-order valence-electron chi connectivity index (χ4n) is 2.12. The zero-order valence-corrected chi connectivity index (χ0v) is 13.0. The van der Waals surface area contributed by atoms with E-state index in [0.717, 1.165) is 5.56 Å². The van der Waals surface area contributed by atoms with E-state index in [1.54, 1.807) is 37.4 Å². The topological polar surface area (TPSA) is 64.4 Å². The highest BCUT2D eigenvalue weighted by atomic mass is 35.5. The molecule has 1 amide bonds. The molecule has 0 aliphatic heterocycles. The Bertz CT molecular complexity index is 845. The highest BCUT2D eigenvalue weighted by molar-refractivity contribution is 6.30. The summed E-state index contributed by atoms with van der Waals surface area (Å²) in [4.78, 5) is 12.2. The van der Waals surface area contributed by atoms with E-state index in [-0.39, 0.29) is 11.6 Å². The molecule has 2 aromatic carbocycles. The van der Waals surface area contributed by atoms with Crippen LogP contribution in [0.2, 0.25) is 5.02 Å². The van der Waals surface area contributed by atoms with Crippen molar-refractivity contribution in [2.45, 2.75) is 0 Å². The van der Waals surface area contributed by atoms with Crippen LogP contribution in [0.1, 0.15) is 10.5 Å². The van der Waals surface area contributed by atoms with Gasteiger partial charge in [0.1, 0.15) is 5.75 Å². The summed E-state index contributed by atoms with van der Waals surface area (Å²) in [6, 6.07) is 15.8. The van der Waals surface area contributed by atoms with Gasteiger partial charge in [-0.3, -0.25) is 4.79 Å². The molecule has 116 valence electrons. The first-order valence-electron chi connectivity index (χ1n) is 6.84. The van der Waals surface area contributed by atoms with Crippen LogP contribution < -0.4 is 10.1 Å². The Kier molecular flexibility index (Phi) is 4.30. The summed E-state index contributed by atoms with van der Waals surface area (Å²) in [6.07, 6.45) is 0. The van der Waals surface area contributed by atoms with E-state index < -0.39 is 0 Å². The van der Waals surface area contributed by atoms with Gasteiger partial charge in [0.05, 0.1) is 12.7 Å². The molecule has 0 aliphatic carbocycles. The molecule has 1 aromatic heterocycles. The van der Waals surface area contributed by atoms with Crippen molar-refractivity contribution in [3.05, 3.63) is 65.3 Å². The van der Waals surface area contributed by atoms with Crippen LogP contribution in [-0.2, 0) is 0 Å². The molecule has 0 fully saturated rings. The molecule has 0 bridgehead atoms. The molecule has 0 saturated carbocycles. The van der Waals surface area contributed by atoms with Gasteiger partial charge in [-0.05, 0) is 30.3 Å². The molecule has 0 saturated heterocycles. The number of nitrogens with one attached hydrogen (secondary N) is 1. The smallest absolute Gasteiger partial charge is 0.277 e. The second kappa shape index (κ2) is 6.54. The fourth-order valence-corrected chi connectivity index (χ4v) is 2.31. The van der Waals surface area contributed by atoms with Crippen LogP contribution in [-0.4, -0.2) is 18.2 Å². The third kappa shape index (κ3) is 3.35. The number of ether oxygens (including phenoxy) is 1. The van der Waals surface area contributed by atoms with E-state index in [1.807, 2.05) is 24.3 Å². The van der Waals surface area contributed by atoms with Gasteiger partial charge in [0.2, 0.25) is 0 Å². The van der Waals surface area contributed by atoms with Crippen LogP contribution in [0, 0.1) is 0 Å². The van der Waals surface area contributed by atoms with Crippen LogP contribution in [0.5, 0.6) is 5.75 Å². The Morgan fingerprint density at radius 2 is 2.00 bits per heavy atom. The lowest BCUT2D eigenvalue weighted by molar-refractivity contribution is 0.101. The SMILES string of the molecule is COc1ccccc1-c1cc(C(=O)Nc2cccc(Cl)c2)no1. The van der Waals surface area contributed by atoms with Crippen LogP contribution in [0.15, 0.2) is 59.1 Å². The van der Waals surface area contributed by atoms with Crippen molar-refractivity contribution >= 4 is 23.2 Å². The number of methoxy groups -OCH3 is 1. The minimum absolute atomic E-state index is 0.172. The van der Waals surface area contributed by atoms with E-state index in [0.29, 0.717) is 22.2 Å². The number of halogens is 1. The molecular formula is C17H13ClN2O3. The Morgan fingerprint density at radius 1 is 1.17 bits per heavy atom. The number of hydrogen-bond acceptors (Lipinski definition) is 4. The van der Waals surface area contributed by atoms with Gasteiger partial charge in [-0.25, -0.2) is 0 Å². The summed E-state index contributed by atoms with van der Waals surface area (Å²) in [5.41, 5.74) is 1.49. The zero-order valence-electron chi connectivity index (χ0n) is 12.2. The maximum atomic E-state index is 12.2. The number of carbonyl (C=O) groups is 1. The van der Waals surface area contributed by atoms with Crippen molar-refractivity contribution in [3.63, 3.8) is 0 Å². The molecule has 23 heavy (non-hydrogen) atoms. The normalized spacial score (nSPS) is 10.3. The first-order valence-corrected chi connectivity index (χ1v) is 7.22. The molecule has 0 atom stereocenters. The standard InChI is InChI=1S/C17H13ClN2O3/c1-22-15-8-3-2-7-13(15)16-10-14(20-23-16)17(21)19-12-6-4-5-11(18)9-12/h2-10H,1H3,(H,19,21). The minimum Gasteiger partial charge on any atom is -0.496 e. The van der Waals surface area contributed by atoms with Crippen molar-refractivity contribution in [2.75, 3.05) is 12.4 Å². The number of nitrogens with zero attached hydrogens (tertiary/aromatic N) is 1. The number of aromatic nitrogens is 1. The molecule has 1 heterocycles. The number of hydrogen-bond donors (Lipinski definition) is 1. The highest BCUT2D eigenvalue weighted by Gasteiger charge is 2.16. The van der Waals surface area contributed by atoms with E-state index in [9.17, 15) is 4.79 Å². The van der Waals surface area contributed by atoms with Gasteiger partial charge in [-0.2, -0.15) is 0 Å². The quantitative estimate of drug-likeness (QED) is 0.777. The van der Waals surface area contributed by atoms with Crippen molar-refractivity contribution in [3.8, 4) is 17.1 Å². The Morgan fingerprint density at radius 3 is 2.78 bits per heavy atom. The summed E-state index contributed by atoms with van der Waals surface area (Å²) in [5.74, 6) is 0.723. The zero-order chi connectivity index (χ0) is 16.2. The predicted molar refractivity (Wildman–Crippen MR) is 87.9 cm³/mol. The maximum Gasteiger partial charge on any atom is 0.277 e. The Hall–Kier alpha value is -2.79. The van der Waals surface area contributed by atoms with Gasteiger partial charge in [-0.15, -0.1) is 0 Å². The van der Waals surface area contributed by atoms with Crippen molar-refractivity contribution < 1.29 is 14.1 Å². The minimum atomic E-state index is -0.378. The molecule has 0 unspecified atom stereocenters. The monoisotopic (exact) mass is 328 g/mol. The number of para-hydroxylation sites is 1. The van der Waals surface area contributed by atoms with Crippen molar-refractivity contribution in [1.29, 1.82) is 0 Å². The van der Waals surface area contributed by atoms with E-state index in [2.05, 4.69) is 10.5 Å². The summed E-state index contributed by atoms with van der Waals surface area (Å²) in [7, 11) is 1.57. The van der Waals surface area contributed by atoms with Gasteiger partial charge >= 0.3 is 0 Å². The highest BCUT2D eigenvalue weighted by Crippen LogP contribution is 2.30. The molecule has 5 nitrogen and oxygen atoms in total. The largest absolute Gasteiger partial charge is 0.496 e. The van der Waals surface area contributed by atoms with Crippen LogP contribution in [0.25, 0.3) is 11.3 Å². The van der Waals surface area contributed by atoms with Crippen LogP contribution >= 0.6 is 11.6 Å². The first kappa shape index (κ1) is 15.1. The van der Waals surface area contributed by atoms with Crippen molar-refractivity contribution in [1.82, 2.24) is 5.16 Å². The maximum absolute atomic E-state index is 12.2. The van der Waals surface area contributed by atoms with E-state index in [1.165, 1.54) is 0 Å². The molecule has 3 rings (SSSR count). The molecule has 6 heteroatoms. The summed E-state index contributed by atoms with van der Waals surface area (Å²) >= 11 is 5.89. The van der Waals surface area contributed by atoms with Gasteiger partial charge in [0.15, 0.2) is 11.5 Å². The number of benzene rings is 2. The molecule has 3 aromatic rings. The van der Waals surface area contributed by atoms with Gasteiger partial charge in [0, 0.05) is 16.8 Å². The number of amides is 1. The van der Waals surface area contributed by atoms with Crippen molar-refractivity contribution in [2.24, 2.45) is 0 Å². The van der Waals surface area contributed by atoms with Gasteiger partial charge in [-0.1, -0.05) is 35.0 Å². The number of rotatable bonds is 4. The molecule has 0 aliphatic rings. The first-order chi connectivity index (χ1) is 11.2. The lowest BCUT2D eigenvalue weighted by Crippen LogP contribution is -2.11. The van der Waals surface area contributed by atoms with Gasteiger partial charge in [0.25, 0.3) is 5.91 Å². The van der Waals surface area contributed by atoms with Crippen LogP contribution in [0.4, 0.5) is 5.69 Å². The van der Waals surface area contributed by atoms with Crippen LogP contribution in [0.3, 0.4) is 0 Å². The molecule has 0 spiro atoms.